The monoisotopic (exact) mass is 252 g/mol. The van der Waals surface area contributed by atoms with Gasteiger partial charge < -0.3 is 10.6 Å². The molecular formula is C14H21FN2O. The molecule has 0 aliphatic heterocycles. The van der Waals surface area contributed by atoms with Crippen LogP contribution in [0.4, 0.5) is 4.39 Å². The standard InChI is InChI=1S/C14H21FN2O/c1-11(9-16)3-8-14(18)17(2)10-12-4-6-13(15)7-5-12/h4-7,11H,3,8-10,16H2,1-2H3. The van der Waals surface area contributed by atoms with Crippen LogP contribution in [-0.2, 0) is 11.3 Å². The number of hydrogen-bond acceptors (Lipinski definition) is 2. The molecule has 0 radical (unpaired) electrons. The van der Waals surface area contributed by atoms with Gasteiger partial charge in [-0.2, -0.15) is 0 Å². The Morgan fingerprint density at radius 1 is 1.39 bits per heavy atom. The number of carbonyl (C=O) groups excluding carboxylic acids is 1. The number of amides is 1. The van der Waals surface area contributed by atoms with Crippen LogP contribution in [0.1, 0.15) is 25.3 Å². The van der Waals surface area contributed by atoms with Gasteiger partial charge in [-0.15, -0.1) is 0 Å². The average molecular weight is 252 g/mol. The molecule has 0 bridgehead atoms. The van der Waals surface area contributed by atoms with Crippen LogP contribution in [-0.4, -0.2) is 24.4 Å². The van der Waals surface area contributed by atoms with Crippen molar-refractivity contribution in [3.63, 3.8) is 0 Å². The highest BCUT2D eigenvalue weighted by Gasteiger charge is 2.10. The lowest BCUT2D eigenvalue weighted by atomic mass is 10.1. The third kappa shape index (κ3) is 4.84. The number of carbonyl (C=O) groups is 1. The molecule has 4 heteroatoms. The van der Waals surface area contributed by atoms with Crippen LogP contribution in [0.3, 0.4) is 0 Å². The normalized spacial score (nSPS) is 12.2. The molecule has 2 N–H and O–H groups in total. The van der Waals surface area contributed by atoms with Crippen molar-refractivity contribution in [1.82, 2.24) is 4.90 Å². The highest BCUT2D eigenvalue weighted by Crippen LogP contribution is 2.09. The van der Waals surface area contributed by atoms with Crippen molar-refractivity contribution in [2.75, 3.05) is 13.6 Å². The maximum atomic E-state index is 12.7. The minimum atomic E-state index is -0.260. The van der Waals surface area contributed by atoms with Gasteiger partial charge in [-0.25, -0.2) is 4.39 Å². The molecule has 1 amide bonds. The molecule has 3 nitrogen and oxygen atoms in total. The number of benzene rings is 1. The van der Waals surface area contributed by atoms with E-state index < -0.39 is 0 Å². The molecular weight excluding hydrogens is 231 g/mol. The van der Waals surface area contributed by atoms with E-state index in [9.17, 15) is 9.18 Å². The molecule has 0 aliphatic rings. The number of rotatable bonds is 6. The number of nitrogens with two attached hydrogens (primary N) is 1. The third-order valence-corrected chi connectivity index (χ3v) is 3.01. The lowest BCUT2D eigenvalue weighted by molar-refractivity contribution is -0.130. The second kappa shape index (κ2) is 7.11. The summed E-state index contributed by atoms with van der Waals surface area (Å²) in [5.41, 5.74) is 6.44. The molecule has 100 valence electrons. The summed E-state index contributed by atoms with van der Waals surface area (Å²) >= 11 is 0. The molecule has 1 aromatic rings. The van der Waals surface area contributed by atoms with Crippen LogP contribution in [0.25, 0.3) is 0 Å². The van der Waals surface area contributed by atoms with Gasteiger partial charge in [0.2, 0.25) is 5.91 Å². The average Bonchev–Trinajstić information content (AvgIpc) is 2.38. The lowest BCUT2D eigenvalue weighted by Crippen LogP contribution is -2.26. The summed E-state index contributed by atoms with van der Waals surface area (Å²) in [6.45, 7) is 3.15. The van der Waals surface area contributed by atoms with E-state index in [1.807, 2.05) is 6.92 Å². The summed E-state index contributed by atoms with van der Waals surface area (Å²) in [6.07, 6.45) is 1.32. The van der Waals surface area contributed by atoms with Gasteiger partial charge in [-0.1, -0.05) is 19.1 Å². The molecule has 0 saturated carbocycles. The Balaban J connectivity index is 2.42. The SMILES string of the molecule is CC(CN)CCC(=O)N(C)Cc1ccc(F)cc1. The first-order chi connectivity index (χ1) is 8.52. The smallest absolute Gasteiger partial charge is 0.222 e. The Labute approximate surface area is 108 Å². The molecule has 1 aromatic carbocycles. The Bertz CT molecular complexity index is 378. The first kappa shape index (κ1) is 14.6. The first-order valence-electron chi connectivity index (χ1n) is 6.21. The fraction of sp³-hybridized carbons (Fsp3) is 0.500. The maximum absolute atomic E-state index is 12.7. The Kier molecular flexibility index (Phi) is 5.78. The van der Waals surface area contributed by atoms with Crippen molar-refractivity contribution in [3.8, 4) is 0 Å². The van der Waals surface area contributed by atoms with Crippen LogP contribution in [0.5, 0.6) is 0 Å². The van der Waals surface area contributed by atoms with E-state index in [1.165, 1.54) is 12.1 Å². The minimum absolute atomic E-state index is 0.0969. The predicted octanol–water partition coefficient (Wildman–Crippen LogP) is 2.16. The predicted molar refractivity (Wildman–Crippen MR) is 70.3 cm³/mol. The van der Waals surface area contributed by atoms with Crippen LogP contribution in [0.2, 0.25) is 0 Å². The van der Waals surface area contributed by atoms with Crippen molar-refractivity contribution < 1.29 is 9.18 Å². The summed E-state index contributed by atoms with van der Waals surface area (Å²) in [7, 11) is 1.76. The molecule has 0 spiro atoms. The fourth-order valence-electron chi connectivity index (χ4n) is 1.63. The lowest BCUT2D eigenvalue weighted by Gasteiger charge is -2.18. The van der Waals surface area contributed by atoms with E-state index >= 15 is 0 Å². The zero-order chi connectivity index (χ0) is 13.5. The molecule has 1 rings (SSSR count). The Morgan fingerprint density at radius 2 is 2.00 bits per heavy atom. The molecule has 18 heavy (non-hydrogen) atoms. The van der Waals surface area contributed by atoms with Crippen molar-refractivity contribution in [2.45, 2.75) is 26.3 Å². The van der Waals surface area contributed by atoms with Gasteiger partial charge in [0, 0.05) is 20.0 Å². The highest BCUT2D eigenvalue weighted by molar-refractivity contribution is 5.75. The van der Waals surface area contributed by atoms with E-state index in [-0.39, 0.29) is 11.7 Å². The topological polar surface area (TPSA) is 46.3 Å². The van der Waals surface area contributed by atoms with Gasteiger partial charge in [0.1, 0.15) is 5.82 Å². The van der Waals surface area contributed by atoms with E-state index in [0.29, 0.717) is 25.4 Å². The molecule has 0 fully saturated rings. The van der Waals surface area contributed by atoms with E-state index in [1.54, 1.807) is 24.1 Å². The highest BCUT2D eigenvalue weighted by atomic mass is 19.1. The van der Waals surface area contributed by atoms with Crippen molar-refractivity contribution in [3.05, 3.63) is 35.6 Å². The summed E-state index contributed by atoms with van der Waals surface area (Å²) in [6, 6.07) is 6.21. The fourth-order valence-corrected chi connectivity index (χ4v) is 1.63. The van der Waals surface area contributed by atoms with Gasteiger partial charge in [-0.3, -0.25) is 4.79 Å². The van der Waals surface area contributed by atoms with Crippen LogP contribution in [0.15, 0.2) is 24.3 Å². The Morgan fingerprint density at radius 3 is 2.56 bits per heavy atom. The maximum Gasteiger partial charge on any atom is 0.222 e. The van der Waals surface area contributed by atoms with Gasteiger partial charge in [0.05, 0.1) is 0 Å². The molecule has 0 aromatic heterocycles. The summed E-state index contributed by atoms with van der Waals surface area (Å²) in [4.78, 5) is 13.5. The van der Waals surface area contributed by atoms with E-state index in [2.05, 4.69) is 0 Å². The van der Waals surface area contributed by atoms with Gasteiger partial charge >= 0.3 is 0 Å². The van der Waals surface area contributed by atoms with Crippen LogP contribution in [0, 0.1) is 11.7 Å². The first-order valence-corrected chi connectivity index (χ1v) is 6.21. The van der Waals surface area contributed by atoms with E-state index in [0.717, 1.165) is 12.0 Å². The molecule has 0 saturated heterocycles. The van der Waals surface area contributed by atoms with Crippen LogP contribution >= 0.6 is 0 Å². The minimum Gasteiger partial charge on any atom is -0.341 e. The van der Waals surface area contributed by atoms with Gasteiger partial charge in [0.15, 0.2) is 0 Å². The Hall–Kier alpha value is -1.42. The number of hydrogen-bond donors (Lipinski definition) is 1. The van der Waals surface area contributed by atoms with Gasteiger partial charge in [0.25, 0.3) is 0 Å². The summed E-state index contributed by atoms with van der Waals surface area (Å²) in [5, 5.41) is 0. The van der Waals surface area contributed by atoms with Crippen molar-refractivity contribution in [2.24, 2.45) is 11.7 Å². The summed E-state index contributed by atoms with van der Waals surface area (Å²) in [5.74, 6) is 0.206. The molecule has 0 aliphatic carbocycles. The molecule has 0 heterocycles. The quantitative estimate of drug-likeness (QED) is 0.843. The zero-order valence-corrected chi connectivity index (χ0v) is 11.0. The second-order valence-electron chi connectivity index (χ2n) is 4.76. The molecule has 1 atom stereocenters. The molecule has 1 unspecified atom stereocenters. The van der Waals surface area contributed by atoms with Crippen LogP contribution < -0.4 is 5.73 Å². The largest absolute Gasteiger partial charge is 0.341 e. The summed E-state index contributed by atoms with van der Waals surface area (Å²) < 4.78 is 12.7. The number of nitrogens with zero attached hydrogens (tertiary/aromatic N) is 1. The van der Waals surface area contributed by atoms with E-state index in [4.69, 9.17) is 5.73 Å². The number of halogens is 1. The van der Waals surface area contributed by atoms with Crippen molar-refractivity contribution in [1.29, 1.82) is 0 Å². The van der Waals surface area contributed by atoms with Crippen molar-refractivity contribution >= 4 is 5.91 Å². The van der Waals surface area contributed by atoms with Gasteiger partial charge in [-0.05, 0) is 36.6 Å². The zero-order valence-electron chi connectivity index (χ0n) is 11.0. The third-order valence-electron chi connectivity index (χ3n) is 3.01. The second-order valence-corrected chi connectivity index (χ2v) is 4.76.